The standard InChI is InChI=1S/C16H17N3O4S2/c1-4-23-16(20)13-9(2)10(3)24-15(13)19-25(21,22)12-7-5-6-11-14(12)18-8-17-11/h5-8,19H,4H2,1-3H3,(H,17,18). The molecule has 2 N–H and O–H groups in total. The van der Waals surface area contributed by atoms with Gasteiger partial charge in [0.1, 0.15) is 15.4 Å². The number of carbonyl (C=O) groups excluding carboxylic acids is 1. The first-order valence-corrected chi connectivity index (χ1v) is 9.87. The third-order valence-corrected chi connectivity index (χ3v) is 6.43. The molecule has 2 aromatic heterocycles. The van der Waals surface area contributed by atoms with E-state index in [1.807, 2.05) is 6.92 Å². The molecule has 9 heteroatoms. The van der Waals surface area contributed by atoms with Crippen LogP contribution in [0.3, 0.4) is 0 Å². The number of H-pyrrole nitrogens is 1. The number of aryl methyl sites for hydroxylation is 1. The lowest BCUT2D eigenvalue weighted by Crippen LogP contribution is -2.16. The van der Waals surface area contributed by atoms with Gasteiger partial charge in [-0.25, -0.2) is 18.2 Å². The average Bonchev–Trinajstić information content (AvgIpc) is 3.12. The summed E-state index contributed by atoms with van der Waals surface area (Å²) in [7, 11) is -3.91. The zero-order chi connectivity index (χ0) is 18.2. The first kappa shape index (κ1) is 17.4. The quantitative estimate of drug-likeness (QED) is 0.663. The van der Waals surface area contributed by atoms with E-state index in [0.717, 1.165) is 4.88 Å². The maximum atomic E-state index is 12.9. The Kier molecular flexibility index (Phi) is 4.53. The predicted molar refractivity (Wildman–Crippen MR) is 96.7 cm³/mol. The molecule has 2 heterocycles. The number of aromatic amines is 1. The highest BCUT2D eigenvalue weighted by Crippen LogP contribution is 2.35. The smallest absolute Gasteiger partial charge is 0.341 e. The molecule has 132 valence electrons. The fourth-order valence-corrected chi connectivity index (χ4v) is 5.01. The highest BCUT2D eigenvalue weighted by atomic mass is 32.2. The normalized spacial score (nSPS) is 11.6. The topological polar surface area (TPSA) is 101 Å². The number of para-hydroxylation sites is 1. The summed E-state index contributed by atoms with van der Waals surface area (Å²) < 4.78 is 33.3. The van der Waals surface area contributed by atoms with Gasteiger partial charge in [-0.3, -0.25) is 4.72 Å². The van der Waals surface area contributed by atoms with Crippen LogP contribution in [0.15, 0.2) is 29.4 Å². The maximum Gasteiger partial charge on any atom is 0.341 e. The number of imidazole rings is 1. The number of sulfonamides is 1. The summed E-state index contributed by atoms with van der Waals surface area (Å²) in [5, 5.41) is 0.251. The highest BCUT2D eigenvalue weighted by Gasteiger charge is 2.26. The first-order chi connectivity index (χ1) is 11.8. The van der Waals surface area contributed by atoms with Gasteiger partial charge in [0.2, 0.25) is 0 Å². The Morgan fingerprint density at radius 2 is 2.12 bits per heavy atom. The van der Waals surface area contributed by atoms with Gasteiger partial charge in [0.05, 0.1) is 24.0 Å². The molecule has 3 aromatic rings. The second-order valence-corrected chi connectivity index (χ2v) is 8.24. The van der Waals surface area contributed by atoms with E-state index in [2.05, 4.69) is 14.7 Å². The molecule has 0 unspecified atom stereocenters. The van der Waals surface area contributed by atoms with Crippen molar-refractivity contribution in [3.05, 3.63) is 40.5 Å². The molecule has 1 aromatic carbocycles. The van der Waals surface area contributed by atoms with Gasteiger partial charge >= 0.3 is 5.97 Å². The minimum Gasteiger partial charge on any atom is -0.462 e. The Morgan fingerprint density at radius 3 is 2.84 bits per heavy atom. The zero-order valence-corrected chi connectivity index (χ0v) is 15.5. The molecular weight excluding hydrogens is 362 g/mol. The van der Waals surface area contributed by atoms with E-state index in [9.17, 15) is 13.2 Å². The summed E-state index contributed by atoms with van der Waals surface area (Å²) >= 11 is 1.20. The number of carbonyl (C=O) groups is 1. The van der Waals surface area contributed by atoms with Gasteiger partial charge in [0.25, 0.3) is 10.0 Å². The largest absolute Gasteiger partial charge is 0.462 e. The molecule has 0 aliphatic carbocycles. The molecule has 0 saturated heterocycles. The Bertz CT molecular complexity index is 1050. The number of anilines is 1. The number of aromatic nitrogens is 2. The lowest BCUT2D eigenvalue weighted by atomic mass is 10.2. The van der Waals surface area contributed by atoms with Gasteiger partial charge in [-0.1, -0.05) is 6.07 Å². The van der Waals surface area contributed by atoms with Crippen LogP contribution in [0.5, 0.6) is 0 Å². The van der Waals surface area contributed by atoms with Gasteiger partial charge in [0.15, 0.2) is 0 Å². The van der Waals surface area contributed by atoms with E-state index in [-0.39, 0.29) is 22.1 Å². The summed E-state index contributed by atoms with van der Waals surface area (Å²) in [4.78, 5) is 20.1. The third-order valence-electron chi connectivity index (χ3n) is 3.79. The van der Waals surface area contributed by atoms with E-state index < -0.39 is 16.0 Å². The highest BCUT2D eigenvalue weighted by molar-refractivity contribution is 7.93. The number of rotatable bonds is 5. The van der Waals surface area contributed by atoms with Crippen molar-refractivity contribution in [1.82, 2.24) is 9.97 Å². The number of esters is 1. The SMILES string of the molecule is CCOC(=O)c1c(NS(=O)(=O)c2cccc3[nH]cnc23)sc(C)c1C. The van der Waals surface area contributed by atoms with Crippen molar-refractivity contribution in [2.45, 2.75) is 25.7 Å². The number of thiophene rings is 1. The molecule has 0 aliphatic rings. The van der Waals surface area contributed by atoms with Crippen LogP contribution >= 0.6 is 11.3 Å². The molecule has 25 heavy (non-hydrogen) atoms. The van der Waals surface area contributed by atoms with Crippen molar-refractivity contribution >= 4 is 43.4 Å². The molecule has 0 amide bonds. The minimum atomic E-state index is -3.91. The average molecular weight is 379 g/mol. The number of nitrogens with zero attached hydrogens (tertiary/aromatic N) is 1. The van der Waals surface area contributed by atoms with Crippen LogP contribution in [0.25, 0.3) is 11.0 Å². The van der Waals surface area contributed by atoms with E-state index in [4.69, 9.17) is 4.74 Å². The van der Waals surface area contributed by atoms with E-state index in [1.165, 1.54) is 23.7 Å². The predicted octanol–water partition coefficient (Wildman–Crippen LogP) is 3.22. The van der Waals surface area contributed by atoms with Crippen molar-refractivity contribution in [2.24, 2.45) is 0 Å². The van der Waals surface area contributed by atoms with Crippen molar-refractivity contribution in [3.8, 4) is 0 Å². The maximum absolute atomic E-state index is 12.9. The number of fused-ring (bicyclic) bond motifs is 1. The van der Waals surface area contributed by atoms with Crippen LogP contribution in [-0.4, -0.2) is 31.0 Å². The van der Waals surface area contributed by atoms with Crippen LogP contribution in [0.1, 0.15) is 27.7 Å². The number of hydrogen-bond donors (Lipinski definition) is 2. The zero-order valence-electron chi connectivity index (χ0n) is 13.9. The molecule has 0 bridgehead atoms. The number of nitrogens with one attached hydrogen (secondary N) is 2. The lowest BCUT2D eigenvalue weighted by molar-refractivity contribution is 0.0527. The molecule has 0 aliphatic heterocycles. The van der Waals surface area contributed by atoms with Gasteiger partial charge in [-0.05, 0) is 38.5 Å². The van der Waals surface area contributed by atoms with E-state index in [0.29, 0.717) is 16.6 Å². The Labute approximate surface area is 149 Å². The second-order valence-electron chi connectivity index (χ2n) is 5.37. The van der Waals surface area contributed by atoms with Crippen LogP contribution in [-0.2, 0) is 14.8 Å². The monoisotopic (exact) mass is 379 g/mol. The molecule has 7 nitrogen and oxygen atoms in total. The number of hydrogen-bond acceptors (Lipinski definition) is 6. The minimum absolute atomic E-state index is 0.0461. The molecule has 0 fully saturated rings. The van der Waals surface area contributed by atoms with E-state index in [1.54, 1.807) is 26.0 Å². The Balaban J connectivity index is 2.06. The van der Waals surface area contributed by atoms with Crippen LogP contribution in [0.2, 0.25) is 0 Å². The first-order valence-electron chi connectivity index (χ1n) is 7.57. The van der Waals surface area contributed by atoms with Crippen LogP contribution in [0, 0.1) is 13.8 Å². The second kappa shape index (κ2) is 6.49. The molecule has 0 spiro atoms. The molecule has 0 radical (unpaired) electrons. The summed E-state index contributed by atoms with van der Waals surface area (Å²) in [6.07, 6.45) is 1.44. The van der Waals surface area contributed by atoms with Gasteiger partial charge in [-0.15, -0.1) is 11.3 Å². The molecule has 0 atom stereocenters. The molecule has 0 saturated carbocycles. The van der Waals surface area contributed by atoms with Crippen LogP contribution < -0.4 is 4.72 Å². The Morgan fingerprint density at radius 1 is 1.36 bits per heavy atom. The van der Waals surface area contributed by atoms with Crippen molar-refractivity contribution in [1.29, 1.82) is 0 Å². The lowest BCUT2D eigenvalue weighted by Gasteiger charge is -2.09. The van der Waals surface area contributed by atoms with Crippen LogP contribution in [0.4, 0.5) is 5.00 Å². The van der Waals surface area contributed by atoms with Crippen molar-refractivity contribution in [3.63, 3.8) is 0 Å². The fourth-order valence-electron chi connectivity index (χ4n) is 2.48. The number of benzene rings is 1. The van der Waals surface area contributed by atoms with Crippen molar-refractivity contribution < 1.29 is 17.9 Å². The summed E-state index contributed by atoms with van der Waals surface area (Å²) in [6, 6.07) is 4.85. The number of ether oxygens (including phenoxy) is 1. The Hall–Kier alpha value is -2.39. The summed E-state index contributed by atoms with van der Waals surface area (Å²) in [6.45, 7) is 5.51. The van der Waals surface area contributed by atoms with E-state index >= 15 is 0 Å². The van der Waals surface area contributed by atoms with Gasteiger partial charge < -0.3 is 9.72 Å². The van der Waals surface area contributed by atoms with Gasteiger partial charge in [-0.2, -0.15) is 0 Å². The molecular formula is C16H17N3O4S2. The fraction of sp³-hybridized carbons (Fsp3) is 0.250. The van der Waals surface area contributed by atoms with Crippen molar-refractivity contribution in [2.75, 3.05) is 11.3 Å². The summed E-state index contributed by atoms with van der Waals surface area (Å²) in [5.41, 5.74) is 1.92. The summed E-state index contributed by atoms with van der Waals surface area (Å²) in [5.74, 6) is -0.542. The third kappa shape index (κ3) is 3.12. The molecule has 3 rings (SSSR count). The van der Waals surface area contributed by atoms with Gasteiger partial charge in [0, 0.05) is 4.88 Å².